The normalized spacial score (nSPS) is 11.2. The highest BCUT2D eigenvalue weighted by Crippen LogP contribution is 2.23. The predicted octanol–water partition coefficient (Wildman–Crippen LogP) is 4.34. The number of rotatable bonds is 7. The van der Waals surface area contributed by atoms with Crippen molar-refractivity contribution >= 4 is 34.4 Å². The maximum atomic E-state index is 13.6. The lowest BCUT2D eigenvalue weighted by atomic mass is 10.1. The summed E-state index contributed by atoms with van der Waals surface area (Å²) in [4.78, 5) is 33.0. The van der Waals surface area contributed by atoms with Crippen LogP contribution in [0, 0.1) is 20.8 Å². The minimum Gasteiger partial charge on any atom is -0.315 e. The van der Waals surface area contributed by atoms with Crippen molar-refractivity contribution < 1.29 is 4.79 Å². The van der Waals surface area contributed by atoms with E-state index in [0.717, 1.165) is 22.4 Å². The van der Waals surface area contributed by atoms with Gasteiger partial charge in [-0.25, -0.2) is 4.98 Å². The third-order valence-corrected chi connectivity index (χ3v) is 6.79. The molecule has 2 aromatic carbocycles. The van der Waals surface area contributed by atoms with Crippen molar-refractivity contribution in [3.8, 4) is 0 Å². The van der Waals surface area contributed by atoms with Gasteiger partial charge in [0, 0.05) is 19.3 Å². The van der Waals surface area contributed by atoms with E-state index in [1.165, 1.54) is 11.8 Å². The molecule has 0 N–H and O–H groups in total. The first-order valence-corrected chi connectivity index (χ1v) is 12.3. The highest BCUT2D eigenvalue weighted by Gasteiger charge is 2.20. The Morgan fingerprint density at radius 2 is 1.79 bits per heavy atom. The van der Waals surface area contributed by atoms with Crippen molar-refractivity contribution in [3.63, 3.8) is 0 Å². The summed E-state index contributed by atoms with van der Waals surface area (Å²) >= 11 is 1.28. The van der Waals surface area contributed by atoms with Crippen LogP contribution in [0.25, 0.3) is 11.0 Å². The van der Waals surface area contributed by atoms with Crippen LogP contribution in [0.15, 0.2) is 58.5 Å². The predicted molar refractivity (Wildman–Crippen MR) is 138 cm³/mol. The molecular formula is C26H29N5O2S. The number of hydrogen-bond donors (Lipinski definition) is 0. The Morgan fingerprint density at radius 3 is 2.47 bits per heavy atom. The van der Waals surface area contributed by atoms with Gasteiger partial charge in [0.2, 0.25) is 5.91 Å². The van der Waals surface area contributed by atoms with Gasteiger partial charge < -0.3 is 4.90 Å². The number of carbonyl (C=O) groups is 1. The Labute approximate surface area is 203 Å². The van der Waals surface area contributed by atoms with Gasteiger partial charge >= 0.3 is 0 Å². The number of nitrogens with zero attached hydrogens (tertiary/aromatic N) is 5. The second-order valence-electron chi connectivity index (χ2n) is 8.45. The fourth-order valence-electron chi connectivity index (χ4n) is 3.85. The maximum absolute atomic E-state index is 13.6. The first kappa shape index (κ1) is 23.8. The van der Waals surface area contributed by atoms with Crippen LogP contribution in [-0.2, 0) is 17.9 Å². The number of anilines is 1. The van der Waals surface area contributed by atoms with Crippen LogP contribution in [0.1, 0.15) is 29.3 Å². The summed E-state index contributed by atoms with van der Waals surface area (Å²) in [6.07, 6.45) is 0. The van der Waals surface area contributed by atoms with E-state index >= 15 is 0 Å². The largest absolute Gasteiger partial charge is 0.315 e. The topological polar surface area (TPSA) is 73.0 Å². The molecular weight excluding hydrogens is 446 g/mol. The van der Waals surface area contributed by atoms with E-state index in [2.05, 4.69) is 5.10 Å². The third-order valence-electron chi connectivity index (χ3n) is 5.83. The lowest BCUT2D eigenvalue weighted by Gasteiger charge is -2.18. The molecule has 0 aliphatic heterocycles. The summed E-state index contributed by atoms with van der Waals surface area (Å²) in [7, 11) is 1.77. The van der Waals surface area contributed by atoms with E-state index in [0.29, 0.717) is 35.0 Å². The molecule has 0 atom stereocenters. The summed E-state index contributed by atoms with van der Waals surface area (Å²) in [6, 6.07) is 15.9. The van der Waals surface area contributed by atoms with Gasteiger partial charge in [0.15, 0.2) is 10.7 Å². The number of benzene rings is 2. The fraction of sp³-hybridized carbons (Fsp3) is 0.308. The zero-order valence-electron chi connectivity index (χ0n) is 20.2. The molecule has 0 spiro atoms. The van der Waals surface area contributed by atoms with Gasteiger partial charge in [-0.1, -0.05) is 53.7 Å². The van der Waals surface area contributed by atoms with E-state index in [9.17, 15) is 9.59 Å². The Balaban J connectivity index is 1.70. The highest BCUT2D eigenvalue weighted by molar-refractivity contribution is 7.99. The van der Waals surface area contributed by atoms with E-state index < -0.39 is 0 Å². The molecule has 0 fully saturated rings. The molecule has 2 aromatic heterocycles. The van der Waals surface area contributed by atoms with Gasteiger partial charge in [0.1, 0.15) is 5.52 Å². The van der Waals surface area contributed by atoms with Crippen molar-refractivity contribution in [2.45, 2.75) is 45.9 Å². The number of hydrogen-bond acceptors (Lipinski definition) is 5. The Kier molecular flexibility index (Phi) is 6.88. The number of aromatic nitrogens is 4. The van der Waals surface area contributed by atoms with E-state index in [4.69, 9.17) is 4.98 Å². The van der Waals surface area contributed by atoms with E-state index in [-0.39, 0.29) is 17.2 Å². The zero-order valence-corrected chi connectivity index (χ0v) is 21.0. The molecule has 7 nitrogen and oxygen atoms in total. The van der Waals surface area contributed by atoms with Crippen molar-refractivity contribution in [2.75, 3.05) is 17.7 Å². The molecule has 0 radical (unpaired) electrons. The monoisotopic (exact) mass is 475 g/mol. The quantitative estimate of drug-likeness (QED) is 0.294. The van der Waals surface area contributed by atoms with Crippen LogP contribution in [0.2, 0.25) is 0 Å². The van der Waals surface area contributed by atoms with Crippen LogP contribution in [0.5, 0.6) is 0 Å². The average molecular weight is 476 g/mol. The van der Waals surface area contributed by atoms with E-state index in [1.807, 2.05) is 76.2 Å². The molecule has 4 aromatic rings. The van der Waals surface area contributed by atoms with Crippen molar-refractivity contribution in [3.05, 3.63) is 81.3 Å². The number of carbonyl (C=O) groups excluding carboxylic acids is 1. The minimum absolute atomic E-state index is 0.0622. The van der Waals surface area contributed by atoms with Crippen molar-refractivity contribution in [1.82, 2.24) is 19.3 Å². The number of thioether (sulfide) groups is 1. The first-order valence-electron chi connectivity index (χ1n) is 11.3. The summed E-state index contributed by atoms with van der Waals surface area (Å²) in [5.74, 6) is 0.102. The molecule has 176 valence electrons. The Morgan fingerprint density at radius 1 is 1.06 bits per heavy atom. The first-order chi connectivity index (χ1) is 16.3. The van der Waals surface area contributed by atoms with Crippen LogP contribution in [0.4, 0.5) is 5.69 Å². The lowest BCUT2D eigenvalue weighted by Crippen LogP contribution is -2.29. The molecule has 4 rings (SSSR count). The summed E-state index contributed by atoms with van der Waals surface area (Å²) < 4.78 is 3.36. The van der Waals surface area contributed by atoms with Crippen LogP contribution < -0.4 is 10.5 Å². The maximum Gasteiger partial charge on any atom is 0.280 e. The molecule has 0 bridgehead atoms. The van der Waals surface area contributed by atoms with Gasteiger partial charge in [-0.05, 0) is 51.0 Å². The van der Waals surface area contributed by atoms with Gasteiger partial charge in [0.25, 0.3) is 5.56 Å². The van der Waals surface area contributed by atoms with Crippen molar-refractivity contribution in [2.24, 2.45) is 0 Å². The lowest BCUT2D eigenvalue weighted by molar-refractivity contribution is -0.115. The summed E-state index contributed by atoms with van der Waals surface area (Å²) in [6.45, 7) is 8.80. The van der Waals surface area contributed by atoms with E-state index in [1.54, 1.807) is 21.2 Å². The second kappa shape index (κ2) is 9.85. The Bertz CT molecular complexity index is 1410. The standard InChI is InChI=1S/C26H29N5O2S/c1-6-31-24-23(19(4)28-31)27-26(30(25(24)33)15-20-12-10-17(2)11-13-20)34-16-22(32)29(5)21-9-7-8-18(3)14-21/h7-14H,6,15-16H2,1-5H3. The molecule has 0 aliphatic carbocycles. The third kappa shape index (κ3) is 4.77. The smallest absolute Gasteiger partial charge is 0.280 e. The number of fused-ring (bicyclic) bond motifs is 1. The molecule has 1 amide bonds. The van der Waals surface area contributed by atoms with Gasteiger partial charge in [-0.15, -0.1) is 0 Å². The Hall–Kier alpha value is -3.39. The summed E-state index contributed by atoms with van der Waals surface area (Å²) in [5, 5.41) is 5.01. The molecule has 2 heterocycles. The van der Waals surface area contributed by atoms with Crippen LogP contribution >= 0.6 is 11.8 Å². The molecule has 0 unspecified atom stereocenters. The number of aryl methyl sites for hydroxylation is 4. The second-order valence-corrected chi connectivity index (χ2v) is 9.39. The molecule has 0 saturated carbocycles. The fourth-order valence-corrected chi connectivity index (χ4v) is 4.75. The molecule has 0 saturated heterocycles. The number of amides is 1. The van der Waals surface area contributed by atoms with Crippen LogP contribution in [-0.4, -0.2) is 38.0 Å². The van der Waals surface area contributed by atoms with Crippen molar-refractivity contribution in [1.29, 1.82) is 0 Å². The molecule has 0 aliphatic rings. The molecule has 34 heavy (non-hydrogen) atoms. The van der Waals surface area contributed by atoms with Gasteiger partial charge in [-0.3, -0.25) is 18.8 Å². The van der Waals surface area contributed by atoms with Gasteiger partial charge in [-0.2, -0.15) is 5.10 Å². The highest BCUT2D eigenvalue weighted by atomic mass is 32.2. The summed E-state index contributed by atoms with van der Waals surface area (Å²) in [5.41, 5.74) is 5.74. The zero-order chi connectivity index (χ0) is 24.4. The molecule has 8 heteroatoms. The average Bonchev–Trinajstić information content (AvgIpc) is 3.15. The van der Waals surface area contributed by atoms with Crippen LogP contribution in [0.3, 0.4) is 0 Å². The van der Waals surface area contributed by atoms with Gasteiger partial charge in [0.05, 0.1) is 18.0 Å². The minimum atomic E-state index is -0.144. The SMILES string of the molecule is CCn1nc(C)c2nc(SCC(=O)N(C)c3cccc(C)c3)n(Cc3ccc(C)cc3)c(=O)c21.